The molecule has 0 saturated carbocycles. The second kappa shape index (κ2) is 7.18. The van der Waals surface area contributed by atoms with Gasteiger partial charge < -0.3 is 9.47 Å². The number of rotatable bonds is 5. The predicted octanol–water partition coefficient (Wildman–Crippen LogP) is 3.71. The van der Waals surface area contributed by atoms with Gasteiger partial charge in [0.1, 0.15) is 28.7 Å². The summed E-state index contributed by atoms with van der Waals surface area (Å²) in [5.41, 5.74) is 1.98. The van der Waals surface area contributed by atoms with Crippen molar-refractivity contribution in [3.05, 3.63) is 64.5 Å². The first kappa shape index (κ1) is 16.1. The summed E-state index contributed by atoms with van der Waals surface area (Å²) in [4.78, 5) is 20.2. The zero-order valence-corrected chi connectivity index (χ0v) is 13.5. The van der Waals surface area contributed by atoms with Crippen LogP contribution in [0.1, 0.15) is 15.2 Å². The minimum absolute atomic E-state index is 0.164. The molecule has 0 spiro atoms. The molecule has 5 nitrogen and oxygen atoms in total. The maximum atomic E-state index is 13.2. The molecule has 3 rings (SSSR count). The van der Waals surface area contributed by atoms with Crippen molar-refractivity contribution in [3.8, 4) is 17.0 Å². The highest BCUT2D eigenvalue weighted by Crippen LogP contribution is 2.31. The normalized spacial score (nSPS) is 10.4. The summed E-state index contributed by atoms with van der Waals surface area (Å²) < 4.78 is 23.6. The maximum absolute atomic E-state index is 13.2. The quantitative estimate of drug-likeness (QED) is 0.660. The minimum atomic E-state index is -0.414. The van der Waals surface area contributed by atoms with E-state index in [9.17, 15) is 9.18 Å². The van der Waals surface area contributed by atoms with Crippen molar-refractivity contribution >= 4 is 17.3 Å². The van der Waals surface area contributed by atoms with E-state index in [1.54, 1.807) is 30.6 Å². The lowest BCUT2D eigenvalue weighted by molar-refractivity contribution is 0.0606. The fourth-order valence-corrected chi connectivity index (χ4v) is 2.90. The average molecular weight is 344 g/mol. The lowest BCUT2D eigenvalue weighted by atomic mass is 10.2. The molecule has 0 aliphatic heterocycles. The van der Waals surface area contributed by atoms with E-state index in [-0.39, 0.29) is 6.61 Å². The zero-order valence-electron chi connectivity index (χ0n) is 12.7. The number of pyridine rings is 2. The molecular weight excluding hydrogens is 331 g/mol. The zero-order chi connectivity index (χ0) is 16.9. The van der Waals surface area contributed by atoms with Gasteiger partial charge in [0, 0.05) is 28.9 Å². The molecule has 24 heavy (non-hydrogen) atoms. The van der Waals surface area contributed by atoms with Gasteiger partial charge in [0.2, 0.25) is 0 Å². The number of ether oxygens (including phenoxy) is 2. The standard InChI is InChI=1S/C17H13FN2O3S/c1-22-17(21)15-6-12(10-24-15)16-14(3-2-4-20-16)23-9-11-5-13(18)8-19-7-11/h2-8,10H,9H2,1H3. The Morgan fingerprint density at radius 1 is 1.33 bits per heavy atom. The second-order valence-electron chi connectivity index (χ2n) is 4.84. The number of halogens is 1. The van der Waals surface area contributed by atoms with Gasteiger partial charge in [0.15, 0.2) is 0 Å². The Morgan fingerprint density at radius 2 is 2.21 bits per heavy atom. The van der Waals surface area contributed by atoms with Gasteiger partial charge in [-0.3, -0.25) is 9.97 Å². The molecule has 3 aromatic heterocycles. The van der Waals surface area contributed by atoms with Gasteiger partial charge >= 0.3 is 5.97 Å². The molecule has 3 heterocycles. The molecule has 7 heteroatoms. The number of thiophene rings is 1. The number of aromatic nitrogens is 2. The molecule has 0 unspecified atom stereocenters. The Bertz CT molecular complexity index is 866. The number of carbonyl (C=O) groups is 1. The summed E-state index contributed by atoms with van der Waals surface area (Å²) in [5.74, 6) is -0.269. The lowest BCUT2D eigenvalue weighted by Gasteiger charge is -2.09. The Kier molecular flexibility index (Phi) is 4.81. The molecule has 0 atom stereocenters. The molecule has 0 aliphatic rings. The van der Waals surface area contributed by atoms with Gasteiger partial charge in [-0.05, 0) is 24.3 Å². The summed E-state index contributed by atoms with van der Waals surface area (Å²) in [6, 6.07) is 6.58. The van der Waals surface area contributed by atoms with Crippen LogP contribution in [0.3, 0.4) is 0 Å². The van der Waals surface area contributed by atoms with E-state index in [0.717, 1.165) is 11.8 Å². The Hall–Kier alpha value is -2.80. The molecule has 0 aliphatic carbocycles. The molecule has 0 amide bonds. The number of nitrogens with zero attached hydrogens (tertiary/aromatic N) is 2. The van der Waals surface area contributed by atoms with Crippen molar-refractivity contribution in [3.63, 3.8) is 0 Å². The highest BCUT2D eigenvalue weighted by molar-refractivity contribution is 7.12. The summed E-state index contributed by atoms with van der Waals surface area (Å²) in [6.45, 7) is 0.164. The summed E-state index contributed by atoms with van der Waals surface area (Å²) in [5, 5.41) is 1.81. The van der Waals surface area contributed by atoms with Crippen LogP contribution in [0.25, 0.3) is 11.3 Å². The monoisotopic (exact) mass is 344 g/mol. The van der Waals surface area contributed by atoms with Gasteiger partial charge in [0.25, 0.3) is 0 Å². The molecule has 0 N–H and O–H groups in total. The smallest absolute Gasteiger partial charge is 0.348 e. The largest absolute Gasteiger partial charge is 0.487 e. The fraction of sp³-hybridized carbons (Fsp3) is 0.118. The van der Waals surface area contributed by atoms with Crippen molar-refractivity contribution in [2.45, 2.75) is 6.61 Å². The number of esters is 1. The van der Waals surface area contributed by atoms with E-state index in [4.69, 9.17) is 9.47 Å². The first-order valence-corrected chi connectivity index (χ1v) is 7.90. The van der Waals surface area contributed by atoms with Crippen molar-refractivity contribution in [1.29, 1.82) is 0 Å². The van der Waals surface area contributed by atoms with Gasteiger partial charge in [-0.2, -0.15) is 0 Å². The molecule has 0 radical (unpaired) electrons. The van der Waals surface area contributed by atoms with E-state index < -0.39 is 11.8 Å². The van der Waals surface area contributed by atoms with Crippen LogP contribution in [0.4, 0.5) is 4.39 Å². The summed E-state index contributed by atoms with van der Waals surface area (Å²) in [7, 11) is 1.34. The van der Waals surface area contributed by atoms with Gasteiger partial charge in [-0.25, -0.2) is 9.18 Å². The Balaban J connectivity index is 1.83. The van der Waals surface area contributed by atoms with Crippen LogP contribution in [-0.4, -0.2) is 23.0 Å². The number of methoxy groups -OCH3 is 1. The van der Waals surface area contributed by atoms with E-state index >= 15 is 0 Å². The van der Waals surface area contributed by atoms with E-state index in [2.05, 4.69) is 9.97 Å². The Morgan fingerprint density at radius 3 is 3.00 bits per heavy atom. The number of hydrogen-bond acceptors (Lipinski definition) is 6. The second-order valence-corrected chi connectivity index (χ2v) is 5.75. The minimum Gasteiger partial charge on any atom is -0.487 e. The molecular formula is C17H13FN2O3S. The third kappa shape index (κ3) is 3.57. The van der Waals surface area contributed by atoms with Crippen LogP contribution in [0, 0.1) is 5.82 Å². The molecule has 0 bridgehead atoms. The number of hydrogen-bond donors (Lipinski definition) is 0. The van der Waals surface area contributed by atoms with E-state index in [1.807, 2.05) is 5.38 Å². The predicted molar refractivity (Wildman–Crippen MR) is 87.4 cm³/mol. The van der Waals surface area contributed by atoms with E-state index in [1.165, 1.54) is 24.5 Å². The van der Waals surface area contributed by atoms with Crippen molar-refractivity contribution in [2.24, 2.45) is 0 Å². The fourth-order valence-electron chi connectivity index (χ4n) is 2.09. The molecule has 122 valence electrons. The average Bonchev–Trinajstić information content (AvgIpc) is 3.09. The van der Waals surface area contributed by atoms with Gasteiger partial charge in [-0.1, -0.05) is 0 Å². The van der Waals surface area contributed by atoms with Crippen LogP contribution in [-0.2, 0) is 11.3 Å². The van der Waals surface area contributed by atoms with Gasteiger partial charge in [0.05, 0.1) is 13.3 Å². The van der Waals surface area contributed by atoms with Gasteiger partial charge in [-0.15, -0.1) is 11.3 Å². The summed E-state index contributed by atoms with van der Waals surface area (Å²) >= 11 is 1.27. The molecule has 0 fully saturated rings. The molecule has 0 aromatic carbocycles. The number of carbonyl (C=O) groups excluding carboxylic acids is 1. The highest BCUT2D eigenvalue weighted by atomic mass is 32.1. The topological polar surface area (TPSA) is 61.3 Å². The van der Waals surface area contributed by atoms with Crippen molar-refractivity contribution in [2.75, 3.05) is 7.11 Å². The van der Waals surface area contributed by atoms with Crippen LogP contribution in [0.15, 0.2) is 48.2 Å². The molecule has 0 saturated heterocycles. The van der Waals surface area contributed by atoms with Crippen LogP contribution in [0.2, 0.25) is 0 Å². The van der Waals surface area contributed by atoms with Crippen molar-refractivity contribution < 1.29 is 18.7 Å². The first-order valence-electron chi connectivity index (χ1n) is 7.02. The highest BCUT2D eigenvalue weighted by Gasteiger charge is 2.14. The van der Waals surface area contributed by atoms with Crippen LogP contribution in [0.5, 0.6) is 5.75 Å². The third-order valence-corrected chi connectivity index (χ3v) is 4.10. The third-order valence-electron chi connectivity index (χ3n) is 3.19. The Labute approximate surface area is 141 Å². The van der Waals surface area contributed by atoms with E-state index in [0.29, 0.717) is 21.9 Å². The first-order chi connectivity index (χ1) is 11.7. The van der Waals surface area contributed by atoms with Crippen molar-refractivity contribution in [1.82, 2.24) is 9.97 Å². The maximum Gasteiger partial charge on any atom is 0.348 e. The SMILES string of the molecule is COC(=O)c1cc(-c2ncccc2OCc2cncc(F)c2)cs1. The lowest BCUT2D eigenvalue weighted by Crippen LogP contribution is -1.99. The van der Waals surface area contributed by atoms with Crippen LogP contribution < -0.4 is 4.74 Å². The van der Waals surface area contributed by atoms with Crippen LogP contribution >= 0.6 is 11.3 Å². The molecule has 3 aromatic rings. The summed E-state index contributed by atoms with van der Waals surface area (Å²) in [6.07, 6.45) is 4.32.